The number of fused-ring (bicyclic) bond motifs is 1. The van der Waals surface area contributed by atoms with Gasteiger partial charge in [0.25, 0.3) is 5.91 Å². The van der Waals surface area contributed by atoms with Gasteiger partial charge in [0.1, 0.15) is 5.75 Å². The number of carbonyl (C=O) groups excluding carboxylic acids is 1. The SMILES string of the molecule is COc1ccc(C(=O)N2CC3CCC(N)C3C2)cc1.Cl. The molecular weight excluding hydrogens is 276 g/mol. The fourth-order valence-electron chi connectivity index (χ4n) is 3.39. The normalized spacial score (nSPS) is 27.9. The first-order valence-corrected chi connectivity index (χ1v) is 6.88. The summed E-state index contributed by atoms with van der Waals surface area (Å²) in [6.07, 6.45) is 2.28. The van der Waals surface area contributed by atoms with Crippen LogP contribution in [0, 0.1) is 11.8 Å². The lowest BCUT2D eigenvalue weighted by atomic mass is 9.98. The molecule has 1 aromatic rings. The van der Waals surface area contributed by atoms with Crippen LogP contribution in [0.4, 0.5) is 0 Å². The number of nitrogens with zero attached hydrogens (tertiary/aromatic N) is 1. The summed E-state index contributed by atoms with van der Waals surface area (Å²) in [6.45, 7) is 1.68. The van der Waals surface area contributed by atoms with Crippen LogP contribution in [0.5, 0.6) is 5.75 Å². The second-order valence-electron chi connectivity index (χ2n) is 5.60. The van der Waals surface area contributed by atoms with E-state index in [0.717, 1.165) is 37.2 Å². The lowest BCUT2D eigenvalue weighted by molar-refractivity contribution is 0.0779. The molecule has 0 spiro atoms. The molecule has 3 rings (SSSR count). The molecule has 4 nitrogen and oxygen atoms in total. The number of nitrogens with two attached hydrogens (primary N) is 1. The van der Waals surface area contributed by atoms with E-state index < -0.39 is 0 Å². The van der Waals surface area contributed by atoms with E-state index in [1.807, 2.05) is 29.2 Å². The molecule has 3 unspecified atom stereocenters. The van der Waals surface area contributed by atoms with E-state index in [9.17, 15) is 4.79 Å². The molecule has 1 aliphatic carbocycles. The Kier molecular flexibility index (Phi) is 4.55. The number of methoxy groups -OCH3 is 1. The molecule has 3 atom stereocenters. The van der Waals surface area contributed by atoms with E-state index in [-0.39, 0.29) is 24.4 Å². The molecule has 0 aromatic heterocycles. The standard InChI is InChI=1S/C15H20N2O2.ClH/c1-19-12-5-2-10(3-6-12)15(18)17-8-11-4-7-14(16)13(11)9-17;/h2-3,5-6,11,13-14H,4,7-9,16H2,1H3;1H. The Bertz CT molecular complexity index is 477. The van der Waals surface area contributed by atoms with Crippen LogP contribution in [0.15, 0.2) is 24.3 Å². The maximum Gasteiger partial charge on any atom is 0.253 e. The van der Waals surface area contributed by atoms with Gasteiger partial charge in [-0.25, -0.2) is 0 Å². The number of benzene rings is 1. The molecule has 0 bridgehead atoms. The number of hydrogen-bond acceptors (Lipinski definition) is 3. The molecule has 2 N–H and O–H groups in total. The number of amides is 1. The van der Waals surface area contributed by atoms with Gasteiger partial charge in [-0.05, 0) is 48.9 Å². The quantitative estimate of drug-likeness (QED) is 0.907. The number of halogens is 1. The van der Waals surface area contributed by atoms with Crippen LogP contribution in [0.1, 0.15) is 23.2 Å². The lowest BCUT2D eigenvalue weighted by Crippen LogP contribution is -2.33. The summed E-state index contributed by atoms with van der Waals surface area (Å²) in [5, 5.41) is 0. The van der Waals surface area contributed by atoms with Gasteiger partial charge in [0, 0.05) is 24.7 Å². The van der Waals surface area contributed by atoms with E-state index >= 15 is 0 Å². The minimum Gasteiger partial charge on any atom is -0.497 e. The number of likely N-dealkylation sites (tertiary alicyclic amines) is 1. The Morgan fingerprint density at radius 2 is 1.95 bits per heavy atom. The van der Waals surface area contributed by atoms with Gasteiger partial charge in [-0.3, -0.25) is 4.79 Å². The van der Waals surface area contributed by atoms with Gasteiger partial charge in [0.15, 0.2) is 0 Å². The van der Waals surface area contributed by atoms with Crippen LogP contribution in [-0.4, -0.2) is 37.0 Å². The predicted octanol–water partition coefficient (Wildman–Crippen LogP) is 1.93. The first-order chi connectivity index (χ1) is 9.19. The van der Waals surface area contributed by atoms with Crippen molar-refractivity contribution in [3.05, 3.63) is 29.8 Å². The van der Waals surface area contributed by atoms with E-state index in [2.05, 4.69) is 0 Å². The van der Waals surface area contributed by atoms with Crippen LogP contribution in [0.25, 0.3) is 0 Å². The second-order valence-corrected chi connectivity index (χ2v) is 5.60. The first kappa shape index (κ1) is 15.1. The summed E-state index contributed by atoms with van der Waals surface area (Å²) in [5.41, 5.74) is 6.84. The number of carbonyl (C=O) groups is 1. The van der Waals surface area contributed by atoms with Crippen molar-refractivity contribution in [2.24, 2.45) is 17.6 Å². The van der Waals surface area contributed by atoms with Gasteiger partial charge in [0.05, 0.1) is 7.11 Å². The summed E-state index contributed by atoms with van der Waals surface area (Å²) in [6, 6.07) is 7.59. The molecule has 1 heterocycles. The molecular formula is C15H21ClN2O2. The zero-order valence-corrected chi connectivity index (χ0v) is 12.4. The molecule has 1 saturated heterocycles. The highest BCUT2D eigenvalue weighted by Crippen LogP contribution is 2.37. The monoisotopic (exact) mass is 296 g/mol. The Morgan fingerprint density at radius 3 is 2.55 bits per heavy atom. The Morgan fingerprint density at radius 1 is 1.25 bits per heavy atom. The van der Waals surface area contributed by atoms with Crippen molar-refractivity contribution in [3.63, 3.8) is 0 Å². The van der Waals surface area contributed by atoms with Crippen molar-refractivity contribution in [2.45, 2.75) is 18.9 Å². The number of hydrogen-bond donors (Lipinski definition) is 1. The average Bonchev–Trinajstić information content (AvgIpc) is 3.01. The van der Waals surface area contributed by atoms with Gasteiger partial charge in [-0.15, -0.1) is 12.4 Å². The zero-order chi connectivity index (χ0) is 13.4. The highest BCUT2D eigenvalue weighted by atomic mass is 35.5. The molecule has 5 heteroatoms. The third-order valence-corrected chi connectivity index (χ3v) is 4.54. The van der Waals surface area contributed by atoms with Crippen molar-refractivity contribution in [3.8, 4) is 5.75 Å². The minimum atomic E-state index is 0. The summed E-state index contributed by atoms with van der Waals surface area (Å²) in [5.74, 6) is 2.00. The third-order valence-electron chi connectivity index (χ3n) is 4.54. The van der Waals surface area contributed by atoms with Crippen molar-refractivity contribution in [2.75, 3.05) is 20.2 Å². The highest BCUT2D eigenvalue weighted by Gasteiger charge is 2.42. The van der Waals surface area contributed by atoms with Crippen molar-refractivity contribution < 1.29 is 9.53 Å². The van der Waals surface area contributed by atoms with Crippen LogP contribution in [-0.2, 0) is 0 Å². The van der Waals surface area contributed by atoms with Crippen molar-refractivity contribution >= 4 is 18.3 Å². The largest absolute Gasteiger partial charge is 0.497 e. The molecule has 1 aliphatic heterocycles. The van der Waals surface area contributed by atoms with Gasteiger partial charge in [-0.2, -0.15) is 0 Å². The first-order valence-electron chi connectivity index (χ1n) is 6.88. The maximum absolute atomic E-state index is 12.4. The molecule has 0 radical (unpaired) electrons. The molecule has 1 aromatic carbocycles. The van der Waals surface area contributed by atoms with Crippen molar-refractivity contribution in [1.82, 2.24) is 4.90 Å². The topological polar surface area (TPSA) is 55.6 Å². The van der Waals surface area contributed by atoms with E-state index in [0.29, 0.717) is 11.8 Å². The lowest BCUT2D eigenvalue weighted by Gasteiger charge is -2.19. The van der Waals surface area contributed by atoms with Gasteiger partial charge in [0.2, 0.25) is 0 Å². The van der Waals surface area contributed by atoms with Crippen LogP contribution >= 0.6 is 12.4 Å². The second kappa shape index (κ2) is 6.02. The fraction of sp³-hybridized carbons (Fsp3) is 0.533. The van der Waals surface area contributed by atoms with Crippen LogP contribution in [0.3, 0.4) is 0 Å². The highest BCUT2D eigenvalue weighted by molar-refractivity contribution is 5.94. The van der Waals surface area contributed by atoms with E-state index in [4.69, 9.17) is 10.5 Å². The van der Waals surface area contributed by atoms with Crippen molar-refractivity contribution in [1.29, 1.82) is 0 Å². The molecule has 2 fully saturated rings. The molecule has 2 aliphatic rings. The summed E-state index contributed by atoms with van der Waals surface area (Å²) >= 11 is 0. The molecule has 1 amide bonds. The Labute approximate surface area is 125 Å². The number of ether oxygens (including phenoxy) is 1. The van der Waals surface area contributed by atoms with Gasteiger partial charge in [-0.1, -0.05) is 0 Å². The van der Waals surface area contributed by atoms with Crippen LogP contribution in [0.2, 0.25) is 0 Å². The zero-order valence-electron chi connectivity index (χ0n) is 11.6. The summed E-state index contributed by atoms with van der Waals surface area (Å²) < 4.78 is 5.11. The Balaban J connectivity index is 0.00000147. The Hall–Kier alpha value is -1.26. The van der Waals surface area contributed by atoms with E-state index in [1.165, 1.54) is 0 Å². The fourth-order valence-corrected chi connectivity index (χ4v) is 3.39. The molecule has 1 saturated carbocycles. The maximum atomic E-state index is 12.4. The average molecular weight is 297 g/mol. The summed E-state index contributed by atoms with van der Waals surface area (Å²) in [4.78, 5) is 14.4. The van der Waals surface area contributed by atoms with E-state index in [1.54, 1.807) is 7.11 Å². The predicted molar refractivity (Wildman–Crippen MR) is 80.3 cm³/mol. The van der Waals surface area contributed by atoms with Gasteiger partial charge >= 0.3 is 0 Å². The smallest absolute Gasteiger partial charge is 0.253 e. The molecule has 20 heavy (non-hydrogen) atoms. The molecule has 110 valence electrons. The van der Waals surface area contributed by atoms with Crippen LogP contribution < -0.4 is 10.5 Å². The summed E-state index contributed by atoms with van der Waals surface area (Å²) in [7, 11) is 1.62. The minimum absolute atomic E-state index is 0. The third kappa shape index (κ3) is 2.63. The van der Waals surface area contributed by atoms with Gasteiger partial charge < -0.3 is 15.4 Å². The number of rotatable bonds is 2.